The van der Waals surface area contributed by atoms with E-state index in [1.807, 2.05) is 0 Å². The Hall–Kier alpha value is -1.43. The van der Waals surface area contributed by atoms with E-state index in [4.69, 9.17) is 0 Å². The largest absolute Gasteiger partial charge is 0.348 e. The summed E-state index contributed by atoms with van der Waals surface area (Å²) < 4.78 is 14.1. The van der Waals surface area contributed by atoms with E-state index in [0.29, 0.717) is 11.0 Å². The number of amides is 2. The number of anilines is 1. The van der Waals surface area contributed by atoms with Crippen molar-refractivity contribution in [2.24, 2.45) is 0 Å². The second kappa shape index (κ2) is 10.3. The average Bonchev–Trinajstić information content (AvgIpc) is 2.48. The van der Waals surface area contributed by atoms with E-state index >= 15 is 0 Å². The van der Waals surface area contributed by atoms with Gasteiger partial charge in [-0.25, -0.2) is 4.39 Å². The quantitative estimate of drug-likeness (QED) is 0.535. The zero-order chi connectivity index (χ0) is 16.4. The van der Waals surface area contributed by atoms with Crippen LogP contribution >= 0.6 is 15.9 Å². The van der Waals surface area contributed by atoms with Crippen LogP contribution in [0, 0.1) is 5.82 Å². The highest BCUT2D eigenvalue weighted by Gasteiger charge is 2.15. The Morgan fingerprint density at radius 3 is 2.45 bits per heavy atom. The maximum absolute atomic E-state index is 13.6. The summed E-state index contributed by atoms with van der Waals surface area (Å²) in [7, 11) is 0. The molecule has 0 aromatic heterocycles. The maximum Gasteiger partial charge on any atom is 0.313 e. The number of unbranched alkanes of at least 4 members (excludes halogenated alkanes) is 5. The standard InChI is InChI=1S/C16H22BrFN2O2/c1-2-3-4-5-6-7-10-19-15(21)16(22)20-14-9-8-12(17)11-13(14)18/h8-9,11H,2-7,10H2,1H3,(H,19,21)(H,20,22). The van der Waals surface area contributed by atoms with Crippen LogP contribution in [0.2, 0.25) is 0 Å². The predicted molar refractivity (Wildman–Crippen MR) is 89.1 cm³/mol. The number of halogens is 2. The second-order valence-electron chi connectivity index (χ2n) is 5.10. The fraction of sp³-hybridized carbons (Fsp3) is 0.500. The van der Waals surface area contributed by atoms with E-state index in [2.05, 4.69) is 33.5 Å². The molecule has 4 nitrogen and oxygen atoms in total. The molecular formula is C16H22BrFN2O2. The molecule has 0 radical (unpaired) electrons. The zero-order valence-electron chi connectivity index (χ0n) is 12.8. The summed E-state index contributed by atoms with van der Waals surface area (Å²) >= 11 is 3.12. The molecule has 0 aliphatic carbocycles. The average molecular weight is 373 g/mol. The van der Waals surface area contributed by atoms with Crippen LogP contribution in [0.3, 0.4) is 0 Å². The van der Waals surface area contributed by atoms with Crippen molar-refractivity contribution in [3.63, 3.8) is 0 Å². The van der Waals surface area contributed by atoms with Crippen LogP contribution in [0.1, 0.15) is 45.4 Å². The van der Waals surface area contributed by atoms with Crippen molar-refractivity contribution in [3.05, 3.63) is 28.5 Å². The minimum Gasteiger partial charge on any atom is -0.348 e. The summed E-state index contributed by atoms with van der Waals surface area (Å²) in [4.78, 5) is 23.3. The molecule has 6 heteroatoms. The zero-order valence-corrected chi connectivity index (χ0v) is 14.3. The number of nitrogens with one attached hydrogen (secondary N) is 2. The lowest BCUT2D eigenvalue weighted by molar-refractivity contribution is -0.136. The topological polar surface area (TPSA) is 58.2 Å². The van der Waals surface area contributed by atoms with Crippen LogP contribution in [0.5, 0.6) is 0 Å². The fourth-order valence-electron chi connectivity index (χ4n) is 1.96. The number of carbonyl (C=O) groups excluding carboxylic acids is 2. The van der Waals surface area contributed by atoms with Gasteiger partial charge < -0.3 is 10.6 Å². The fourth-order valence-corrected chi connectivity index (χ4v) is 2.29. The lowest BCUT2D eigenvalue weighted by Gasteiger charge is -2.07. The first kappa shape index (κ1) is 18.6. The molecule has 1 rings (SSSR count). The molecule has 0 heterocycles. The first-order valence-electron chi connectivity index (χ1n) is 7.58. The highest BCUT2D eigenvalue weighted by molar-refractivity contribution is 9.10. The van der Waals surface area contributed by atoms with Crippen LogP contribution in [-0.2, 0) is 9.59 Å². The molecule has 0 aliphatic heterocycles. The monoisotopic (exact) mass is 372 g/mol. The maximum atomic E-state index is 13.6. The molecule has 1 aromatic carbocycles. The second-order valence-corrected chi connectivity index (χ2v) is 6.02. The Bertz CT molecular complexity index is 509. The SMILES string of the molecule is CCCCCCCCNC(=O)C(=O)Nc1ccc(Br)cc1F. The van der Waals surface area contributed by atoms with Crippen LogP contribution in [0.4, 0.5) is 10.1 Å². The van der Waals surface area contributed by atoms with E-state index in [9.17, 15) is 14.0 Å². The summed E-state index contributed by atoms with van der Waals surface area (Å²) in [6, 6.07) is 4.22. The normalized spacial score (nSPS) is 10.3. The van der Waals surface area contributed by atoms with Crippen LogP contribution in [0.25, 0.3) is 0 Å². The molecule has 0 bridgehead atoms. The Kier molecular flexibility index (Phi) is 8.74. The van der Waals surface area contributed by atoms with Gasteiger partial charge in [-0.2, -0.15) is 0 Å². The minimum atomic E-state index is -0.854. The summed E-state index contributed by atoms with van der Waals surface area (Å²) in [5, 5.41) is 4.80. The summed E-state index contributed by atoms with van der Waals surface area (Å²) in [6.07, 6.45) is 6.64. The van der Waals surface area contributed by atoms with Crippen LogP contribution in [0.15, 0.2) is 22.7 Å². The molecule has 0 atom stereocenters. The molecule has 0 saturated heterocycles. The van der Waals surface area contributed by atoms with Gasteiger partial charge in [0.1, 0.15) is 5.82 Å². The molecule has 1 aromatic rings. The van der Waals surface area contributed by atoms with Crippen molar-refractivity contribution in [1.29, 1.82) is 0 Å². The summed E-state index contributed by atoms with van der Waals surface area (Å²) in [5.41, 5.74) is -0.0112. The third-order valence-electron chi connectivity index (χ3n) is 3.20. The molecule has 0 aliphatic rings. The Labute approximate surface area is 139 Å². The van der Waals surface area contributed by atoms with Gasteiger partial charge in [0.25, 0.3) is 0 Å². The van der Waals surface area contributed by atoms with Crippen LogP contribution in [-0.4, -0.2) is 18.4 Å². The minimum absolute atomic E-state index is 0.0112. The van der Waals surface area contributed by atoms with Gasteiger partial charge in [-0.15, -0.1) is 0 Å². The number of carbonyl (C=O) groups is 2. The summed E-state index contributed by atoms with van der Waals surface area (Å²) in [5.74, 6) is -2.19. The van der Waals surface area contributed by atoms with Crippen molar-refractivity contribution >= 4 is 33.4 Å². The van der Waals surface area contributed by atoms with Crippen molar-refractivity contribution in [2.45, 2.75) is 45.4 Å². The lowest BCUT2D eigenvalue weighted by atomic mass is 10.1. The molecule has 0 fully saturated rings. The Morgan fingerprint density at radius 2 is 1.77 bits per heavy atom. The van der Waals surface area contributed by atoms with E-state index in [1.165, 1.54) is 31.4 Å². The third-order valence-corrected chi connectivity index (χ3v) is 3.69. The Balaban J connectivity index is 2.26. The van der Waals surface area contributed by atoms with Gasteiger partial charge in [-0.05, 0) is 24.6 Å². The van der Waals surface area contributed by atoms with Crippen molar-refractivity contribution < 1.29 is 14.0 Å². The molecule has 0 spiro atoms. The van der Waals surface area contributed by atoms with Crippen molar-refractivity contribution in [2.75, 3.05) is 11.9 Å². The smallest absolute Gasteiger partial charge is 0.313 e. The van der Waals surface area contributed by atoms with Crippen LogP contribution < -0.4 is 10.6 Å². The van der Waals surface area contributed by atoms with Gasteiger partial charge >= 0.3 is 11.8 Å². The van der Waals surface area contributed by atoms with E-state index in [0.717, 1.165) is 19.3 Å². The van der Waals surface area contributed by atoms with Crippen molar-refractivity contribution in [1.82, 2.24) is 5.32 Å². The first-order chi connectivity index (χ1) is 10.5. The van der Waals surface area contributed by atoms with Gasteiger partial charge in [0.05, 0.1) is 5.69 Å². The molecule has 22 heavy (non-hydrogen) atoms. The highest BCUT2D eigenvalue weighted by Crippen LogP contribution is 2.19. The number of hydrogen-bond acceptors (Lipinski definition) is 2. The number of hydrogen-bond donors (Lipinski definition) is 2. The van der Waals surface area contributed by atoms with E-state index in [-0.39, 0.29) is 5.69 Å². The molecule has 2 amide bonds. The molecule has 0 unspecified atom stereocenters. The van der Waals surface area contributed by atoms with Gasteiger partial charge in [-0.3, -0.25) is 9.59 Å². The van der Waals surface area contributed by atoms with Gasteiger partial charge in [0.2, 0.25) is 0 Å². The van der Waals surface area contributed by atoms with Crippen molar-refractivity contribution in [3.8, 4) is 0 Å². The number of benzene rings is 1. The Morgan fingerprint density at radius 1 is 1.09 bits per heavy atom. The van der Waals surface area contributed by atoms with Gasteiger partial charge in [-0.1, -0.05) is 55.0 Å². The molecular weight excluding hydrogens is 351 g/mol. The molecule has 122 valence electrons. The third kappa shape index (κ3) is 7.02. The summed E-state index contributed by atoms with van der Waals surface area (Å²) in [6.45, 7) is 2.62. The molecule has 0 saturated carbocycles. The van der Waals surface area contributed by atoms with Gasteiger partial charge in [0, 0.05) is 11.0 Å². The predicted octanol–water partition coefficient (Wildman–Crippen LogP) is 4.00. The lowest BCUT2D eigenvalue weighted by Crippen LogP contribution is -2.36. The molecule has 2 N–H and O–H groups in total. The number of rotatable bonds is 8. The van der Waals surface area contributed by atoms with Gasteiger partial charge in [0.15, 0.2) is 0 Å². The van der Waals surface area contributed by atoms with E-state index < -0.39 is 17.6 Å². The first-order valence-corrected chi connectivity index (χ1v) is 8.38. The highest BCUT2D eigenvalue weighted by atomic mass is 79.9. The van der Waals surface area contributed by atoms with E-state index in [1.54, 1.807) is 6.07 Å².